The van der Waals surface area contributed by atoms with Gasteiger partial charge < -0.3 is 5.32 Å². The summed E-state index contributed by atoms with van der Waals surface area (Å²) >= 11 is 2.37. The normalized spacial score (nSPS) is 15.1. The van der Waals surface area contributed by atoms with E-state index in [2.05, 4.69) is 86.8 Å². The molecule has 0 aliphatic carbocycles. The van der Waals surface area contributed by atoms with E-state index in [9.17, 15) is 0 Å². The van der Waals surface area contributed by atoms with E-state index in [1.54, 1.807) is 0 Å². The molecule has 0 aliphatic rings. The Morgan fingerprint density at radius 2 is 1.75 bits per heavy atom. The summed E-state index contributed by atoms with van der Waals surface area (Å²) in [5.41, 5.74) is 1.87. The second kappa shape index (κ2) is 8.38. The molecule has 1 rings (SSSR count). The van der Waals surface area contributed by atoms with Crippen LogP contribution in [0.3, 0.4) is 0 Å². The van der Waals surface area contributed by atoms with Crippen LogP contribution >= 0.6 is 22.6 Å². The summed E-state index contributed by atoms with van der Waals surface area (Å²) in [6, 6.07) is 9.54. The van der Waals surface area contributed by atoms with Gasteiger partial charge >= 0.3 is 0 Å². The van der Waals surface area contributed by atoms with Crippen molar-refractivity contribution in [2.75, 3.05) is 6.54 Å². The van der Waals surface area contributed by atoms with Crippen molar-refractivity contribution >= 4 is 22.6 Å². The Morgan fingerprint density at radius 3 is 2.25 bits per heavy atom. The maximum Gasteiger partial charge on any atom is 0.0130 e. The van der Waals surface area contributed by atoms with Gasteiger partial charge in [0.2, 0.25) is 0 Å². The molecular weight excluding hydrogens is 357 g/mol. The molecule has 0 aromatic heterocycles. The molecule has 0 bridgehead atoms. The highest BCUT2D eigenvalue weighted by molar-refractivity contribution is 14.1. The van der Waals surface area contributed by atoms with Gasteiger partial charge in [-0.05, 0) is 77.4 Å². The van der Waals surface area contributed by atoms with E-state index >= 15 is 0 Å². The fraction of sp³-hybridized carbons (Fsp3) is 0.667. The van der Waals surface area contributed by atoms with E-state index in [-0.39, 0.29) is 0 Å². The monoisotopic (exact) mass is 387 g/mol. The van der Waals surface area contributed by atoms with Gasteiger partial charge in [0.25, 0.3) is 0 Å². The number of likely N-dealkylation sites (N-methyl/N-ethyl adjacent to an activating group) is 1. The van der Waals surface area contributed by atoms with Gasteiger partial charge in [0.05, 0.1) is 0 Å². The minimum absolute atomic E-state index is 0.430. The van der Waals surface area contributed by atoms with Crippen LogP contribution in [0.5, 0.6) is 0 Å². The summed E-state index contributed by atoms with van der Waals surface area (Å²) in [7, 11) is 0. The molecule has 0 saturated heterocycles. The predicted molar refractivity (Wildman–Crippen MR) is 98.2 cm³/mol. The Morgan fingerprint density at radius 1 is 1.15 bits per heavy atom. The van der Waals surface area contributed by atoms with Gasteiger partial charge in [0.1, 0.15) is 0 Å². The Bertz CT molecular complexity index is 377. The molecule has 2 heteroatoms. The Balaban J connectivity index is 2.57. The van der Waals surface area contributed by atoms with Gasteiger partial charge in [0.15, 0.2) is 0 Å². The first-order chi connectivity index (χ1) is 9.30. The Labute approximate surface area is 139 Å². The lowest BCUT2D eigenvalue weighted by Crippen LogP contribution is -2.33. The van der Waals surface area contributed by atoms with Crippen LogP contribution in [0.1, 0.15) is 53.0 Å². The van der Waals surface area contributed by atoms with Gasteiger partial charge in [0, 0.05) is 9.61 Å². The summed E-state index contributed by atoms with van der Waals surface area (Å²) in [5.74, 6) is 0.767. The van der Waals surface area contributed by atoms with E-state index in [0.29, 0.717) is 11.5 Å². The molecule has 0 amide bonds. The van der Waals surface area contributed by atoms with Crippen molar-refractivity contribution in [3.8, 4) is 0 Å². The van der Waals surface area contributed by atoms with Gasteiger partial charge in [-0.15, -0.1) is 0 Å². The number of hydrogen-bond acceptors (Lipinski definition) is 1. The molecule has 1 nitrogen and oxygen atoms in total. The Hall–Kier alpha value is -0.0900. The molecule has 0 saturated carbocycles. The minimum Gasteiger partial charge on any atom is -0.314 e. The van der Waals surface area contributed by atoms with Crippen molar-refractivity contribution in [2.24, 2.45) is 11.3 Å². The molecule has 0 aliphatic heterocycles. The van der Waals surface area contributed by atoms with Crippen LogP contribution in [0, 0.1) is 14.9 Å². The van der Waals surface area contributed by atoms with Crippen LogP contribution in [0.4, 0.5) is 0 Å². The topological polar surface area (TPSA) is 12.0 Å². The summed E-state index contributed by atoms with van der Waals surface area (Å²) in [6.07, 6.45) is 3.69. The average Bonchev–Trinajstić information content (AvgIpc) is 2.30. The molecule has 1 N–H and O–H groups in total. The summed E-state index contributed by atoms with van der Waals surface area (Å²) in [4.78, 5) is 0. The third kappa shape index (κ3) is 7.63. The van der Waals surface area contributed by atoms with Gasteiger partial charge in [-0.1, -0.05) is 46.8 Å². The second-order valence-corrected chi connectivity index (χ2v) is 8.44. The predicted octanol–water partition coefficient (Wildman–Crippen LogP) is 5.27. The average molecular weight is 387 g/mol. The number of rotatable bonds is 7. The van der Waals surface area contributed by atoms with E-state index in [4.69, 9.17) is 0 Å². The van der Waals surface area contributed by atoms with Gasteiger partial charge in [-0.3, -0.25) is 0 Å². The lowest BCUT2D eigenvalue weighted by atomic mass is 9.82. The number of nitrogens with one attached hydrogen (secondary N) is 1. The van der Waals surface area contributed by atoms with Crippen molar-refractivity contribution in [3.05, 3.63) is 33.4 Å². The van der Waals surface area contributed by atoms with E-state index in [1.165, 1.54) is 22.0 Å². The summed E-state index contributed by atoms with van der Waals surface area (Å²) < 4.78 is 1.31. The molecular formula is C18H30IN. The third-order valence-corrected chi connectivity index (χ3v) is 4.26. The SMILES string of the molecule is CCNC(Cc1ccc(I)cc1)CC(C)CC(C)(C)C. The maximum atomic E-state index is 3.66. The molecule has 0 radical (unpaired) electrons. The van der Waals surface area contributed by atoms with Gasteiger partial charge in [-0.25, -0.2) is 0 Å². The molecule has 1 aromatic rings. The zero-order chi connectivity index (χ0) is 15.2. The second-order valence-electron chi connectivity index (χ2n) is 7.19. The van der Waals surface area contributed by atoms with Crippen molar-refractivity contribution in [1.82, 2.24) is 5.32 Å². The van der Waals surface area contributed by atoms with E-state index < -0.39 is 0 Å². The number of benzene rings is 1. The minimum atomic E-state index is 0.430. The van der Waals surface area contributed by atoms with Gasteiger partial charge in [-0.2, -0.15) is 0 Å². The fourth-order valence-corrected chi connectivity index (χ4v) is 3.41. The zero-order valence-corrected chi connectivity index (χ0v) is 15.8. The molecule has 2 atom stereocenters. The van der Waals surface area contributed by atoms with Crippen molar-refractivity contribution in [3.63, 3.8) is 0 Å². The van der Waals surface area contributed by atoms with Crippen LogP contribution in [0.25, 0.3) is 0 Å². The highest BCUT2D eigenvalue weighted by Gasteiger charge is 2.19. The van der Waals surface area contributed by atoms with Crippen LogP contribution in [0.2, 0.25) is 0 Å². The van der Waals surface area contributed by atoms with Crippen molar-refractivity contribution < 1.29 is 0 Å². The molecule has 0 spiro atoms. The van der Waals surface area contributed by atoms with Crippen molar-refractivity contribution in [1.29, 1.82) is 0 Å². The smallest absolute Gasteiger partial charge is 0.0130 e. The van der Waals surface area contributed by atoms with Crippen LogP contribution < -0.4 is 5.32 Å². The molecule has 1 aromatic carbocycles. The van der Waals surface area contributed by atoms with E-state index in [1.807, 2.05) is 0 Å². The first-order valence-corrected chi connectivity index (χ1v) is 8.86. The van der Waals surface area contributed by atoms with Crippen LogP contribution in [-0.2, 0) is 6.42 Å². The molecule has 114 valence electrons. The lowest BCUT2D eigenvalue weighted by Gasteiger charge is -2.27. The zero-order valence-electron chi connectivity index (χ0n) is 13.7. The molecule has 0 heterocycles. The maximum absolute atomic E-state index is 3.66. The third-order valence-electron chi connectivity index (χ3n) is 3.54. The molecule has 2 unspecified atom stereocenters. The highest BCUT2D eigenvalue weighted by Crippen LogP contribution is 2.27. The van der Waals surface area contributed by atoms with Crippen molar-refractivity contribution in [2.45, 2.75) is 59.9 Å². The fourth-order valence-electron chi connectivity index (χ4n) is 3.05. The van der Waals surface area contributed by atoms with Crippen LogP contribution in [-0.4, -0.2) is 12.6 Å². The molecule has 20 heavy (non-hydrogen) atoms. The number of halogens is 1. The van der Waals surface area contributed by atoms with Crippen LogP contribution in [0.15, 0.2) is 24.3 Å². The standard InChI is InChI=1S/C18H30IN/c1-6-20-17(11-14(2)13-18(3,4)5)12-15-7-9-16(19)10-8-15/h7-10,14,17,20H,6,11-13H2,1-5H3. The summed E-state index contributed by atoms with van der Waals surface area (Å²) in [6.45, 7) is 12.7. The quantitative estimate of drug-likeness (QED) is 0.628. The van der Waals surface area contributed by atoms with E-state index in [0.717, 1.165) is 18.9 Å². The molecule has 0 fully saturated rings. The highest BCUT2D eigenvalue weighted by atomic mass is 127. The number of hydrogen-bond donors (Lipinski definition) is 1. The summed E-state index contributed by atoms with van der Waals surface area (Å²) in [5, 5.41) is 3.66. The first kappa shape index (κ1) is 18.0. The lowest BCUT2D eigenvalue weighted by molar-refractivity contribution is 0.275. The largest absolute Gasteiger partial charge is 0.314 e. The first-order valence-electron chi connectivity index (χ1n) is 7.78. The Kier molecular flexibility index (Phi) is 7.52.